The number of carbonyl (C=O) groups is 1. The molecule has 3 aliphatic rings. The lowest BCUT2D eigenvalue weighted by atomic mass is 9.82. The van der Waals surface area contributed by atoms with Crippen molar-refractivity contribution in [2.45, 2.75) is 89.9 Å². The molecule has 1 saturated heterocycles. The second-order valence-corrected chi connectivity index (χ2v) is 10.4. The van der Waals surface area contributed by atoms with E-state index >= 15 is 0 Å². The Labute approximate surface area is 176 Å². The van der Waals surface area contributed by atoms with Gasteiger partial charge in [-0.05, 0) is 31.1 Å². The SMILES string of the molecule is CC(C)(C)[C@@H]1C[C@@H](C(F)(F)F)n2nc([C@@H]3CCN(C(=O)C4CCCCC4)C3)cc2N1. The van der Waals surface area contributed by atoms with E-state index in [2.05, 4.69) is 10.4 Å². The van der Waals surface area contributed by atoms with E-state index < -0.39 is 12.2 Å². The monoisotopic (exact) mass is 426 g/mol. The third-order valence-corrected chi connectivity index (χ3v) is 7.13. The van der Waals surface area contributed by atoms with Crippen LogP contribution in [-0.2, 0) is 4.79 Å². The maximum atomic E-state index is 13.8. The first-order valence-electron chi connectivity index (χ1n) is 11.3. The van der Waals surface area contributed by atoms with E-state index in [4.69, 9.17) is 0 Å². The number of aromatic nitrogens is 2. The van der Waals surface area contributed by atoms with Crippen LogP contribution in [0.2, 0.25) is 0 Å². The Balaban J connectivity index is 1.52. The second kappa shape index (κ2) is 7.75. The van der Waals surface area contributed by atoms with Crippen LogP contribution in [0.5, 0.6) is 0 Å². The van der Waals surface area contributed by atoms with Crippen LogP contribution in [0.25, 0.3) is 0 Å². The first-order valence-corrected chi connectivity index (χ1v) is 11.3. The smallest absolute Gasteiger partial charge is 0.367 e. The molecule has 0 radical (unpaired) electrons. The first-order chi connectivity index (χ1) is 14.0. The molecule has 1 aliphatic carbocycles. The number of fused-ring (bicyclic) bond motifs is 1. The molecular weight excluding hydrogens is 393 g/mol. The van der Waals surface area contributed by atoms with Crippen LogP contribution in [0.15, 0.2) is 6.07 Å². The Kier molecular flexibility index (Phi) is 5.56. The van der Waals surface area contributed by atoms with E-state index in [1.165, 1.54) is 6.42 Å². The minimum Gasteiger partial charge on any atom is -0.367 e. The van der Waals surface area contributed by atoms with Gasteiger partial charge < -0.3 is 10.2 Å². The molecule has 0 spiro atoms. The predicted octanol–water partition coefficient (Wildman–Crippen LogP) is 5.11. The van der Waals surface area contributed by atoms with Crippen molar-refractivity contribution < 1.29 is 18.0 Å². The van der Waals surface area contributed by atoms with Gasteiger partial charge in [-0.1, -0.05) is 40.0 Å². The van der Waals surface area contributed by atoms with Gasteiger partial charge in [0.25, 0.3) is 0 Å². The van der Waals surface area contributed by atoms with Crippen LogP contribution < -0.4 is 5.32 Å². The quantitative estimate of drug-likeness (QED) is 0.715. The van der Waals surface area contributed by atoms with Crippen LogP contribution in [0, 0.1) is 11.3 Å². The number of amides is 1. The van der Waals surface area contributed by atoms with Crippen molar-refractivity contribution in [1.82, 2.24) is 14.7 Å². The third kappa shape index (κ3) is 4.19. The van der Waals surface area contributed by atoms with E-state index in [0.717, 1.165) is 36.8 Å². The van der Waals surface area contributed by atoms with Gasteiger partial charge in [-0.2, -0.15) is 18.3 Å². The Morgan fingerprint density at radius 1 is 1.13 bits per heavy atom. The Hall–Kier alpha value is -1.73. The lowest BCUT2D eigenvalue weighted by Crippen LogP contribution is -2.44. The largest absolute Gasteiger partial charge is 0.410 e. The van der Waals surface area contributed by atoms with Gasteiger partial charge in [0, 0.05) is 37.0 Å². The van der Waals surface area contributed by atoms with Crippen LogP contribution in [0.3, 0.4) is 0 Å². The zero-order valence-corrected chi connectivity index (χ0v) is 18.1. The lowest BCUT2D eigenvalue weighted by Gasteiger charge is -2.39. The second-order valence-electron chi connectivity index (χ2n) is 10.4. The molecule has 30 heavy (non-hydrogen) atoms. The predicted molar refractivity (Wildman–Crippen MR) is 109 cm³/mol. The summed E-state index contributed by atoms with van der Waals surface area (Å²) in [4.78, 5) is 14.8. The highest BCUT2D eigenvalue weighted by Gasteiger charge is 2.48. The van der Waals surface area contributed by atoms with Gasteiger partial charge in [-0.15, -0.1) is 0 Å². The molecule has 3 heterocycles. The number of alkyl halides is 3. The number of carbonyl (C=O) groups excluding carboxylic acids is 1. The normalized spacial score (nSPS) is 28.3. The maximum Gasteiger partial charge on any atom is 0.410 e. The average Bonchev–Trinajstić information content (AvgIpc) is 3.32. The van der Waals surface area contributed by atoms with Crippen LogP contribution in [-0.4, -0.2) is 45.9 Å². The van der Waals surface area contributed by atoms with Crippen molar-refractivity contribution in [2.75, 3.05) is 18.4 Å². The highest BCUT2D eigenvalue weighted by Crippen LogP contribution is 2.44. The molecular formula is C22H33F3N4O. The summed E-state index contributed by atoms with van der Waals surface area (Å²) in [7, 11) is 0. The van der Waals surface area contributed by atoms with Gasteiger partial charge in [-0.3, -0.25) is 4.79 Å². The third-order valence-electron chi connectivity index (χ3n) is 7.13. The molecule has 1 saturated carbocycles. The van der Waals surface area contributed by atoms with Crippen LogP contribution in [0.1, 0.15) is 83.4 Å². The molecule has 168 valence electrons. The van der Waals surface area contributed by atoms with Gasteiger partial charge in [0.1, 0.15) is 5.82 Å². The Morgan fingerprint density at radius 2 is 1.83 bits per heavy atom. The Morgan fingerprint density at radius 3 is 2.47 bits per heavy atom. The molecule has 5 nitrogen and oxygen atoms in total. The highest BCUT2D eigenvalue weighted by molar-refractivity contribution is 5.79. The molecule has 0 aromatic carbocycles. The number of nitrogens with one attached hydrogen (secondary N) is 1. The fraction of sp³-hybridized carbons (Fsp3) is 0.818. The molecule has 2 fully saturated rings. The number of hydrogen-bond donors (Lipinski definition) is 1. The van der Waals surface area contributed by atoms with Crippen molar-refractivity contribution in [3.63, 3.8) is 0 Å². The van der Waals surface area contributed by atoms with Gasteiger partial charge in [0.05, 0.1) is 5.69 Å². The molecule has 3 atom stereocenters. The zero-order valence-electron chi connectivity index (χ0n) is 18.1. The minimum atomic E-state index is -4.34. The molecule has 0 unspecified atom stereocenters. The summed E-state index contributed by atoms with van der Waals surface area (Å²) in [5, 5.41) is 7.69. The molecule has 1 aromatic rings. The molecule has 1 amide bonds. The van der Waals surface area contributed by atoms with Crippen molar-refractivity contribution in [3.05, 3.63) is 11.8 Å². The molecule has 0 bridgehead atoms. The van der Waals surface area contributed by atoms with Gasteiger partial charge in [0.15, 0.2) is 6.04 Å². The molecule has 8 heteroatoms. The minimum absolute atomic E-state index is 0.000545. The first kappa shape index (κ1) is 21.5. The highest BCUT2D eigenvalue weighted by atomic mass is 19.4. The van der Waals surface area contributed by atoms with Crippen molar-refractivity contribution in [1.29, 1.82) is 0 Å². The van der Waals surface area contributed by atoms with E-state index in [-0.39, 0.29) is 35.6 Å². The zero-order chi connectivity index (χ0) is 21.7. The van der Waals surface area contributed by atoms with Gasteiger partial charge >= 0.3 is 6.18 Å². The number of rotatable bonds is 2. The molecule has 1 N–H and O–H groups in total. The summed E-state index contributed by atoms with van der Waals surface area (Å²) in [6.07, 6.45) is 1.74. The molecule has 1 aromatic heterocycles. The summed E-state index contributed by atoms with van der Waals surface area (Å²) in [6.45, 7) is 7.10. The summed E-state index contributed by atoms with van der Waals surface area (Å²) < 4.78 is 42.5. The fourth-order valence-electron chi connectivity index (χ4n) is 5.17. The summed E-state index contributed by atoms with van der Waals surface area (Å²) >= 11 is 0. The van der Waals surface area contributed by atoms with E-state index in [1.807, 2.05) is 25.7 Å². The fourth-order valence-corrected chi connectivity index (χ4v) is 5.17. The number of halogens is 3. The van der Waals surface area contributed by atoms with E-state index in [1.54, 1.807) is 6.07 Å². The number of likely N-dealkylation sites (tertiary alicyclic amines) is 1. The summed E-state index contributed by atoms with van der Waals surface area (Å²) in [5.41, 5.74) is 0.371. The van der Waals surface area contributed by atoms with Crippen molar-refractivity contribution in [3.8, 4) is 0 Å². The molecule has 2 aliphatic heterocycles. The van der Waals surface area contributed by atoms with Gasteiger partial charge in [0.2, 0.25) is 5.91 Å². The van der Waals surface area contributed by atoms with Crippen molar-refractivity contribution >= 4 is 11.7 Å². The summed E-state index contributed by atoms with van der Waals surface area (Å²) in [5.74, 6) is 0.784. The Bertz CT molecular complexity index is 776. The topological polar surface area (TPSA) is 50.2 Å². The lowest BCUT2D eigenvalue weighted by molar-refractivity contribution is -0.175. The van der Waals surface area contributed by atoms with Gasteiger partial charge in [-0.25, -0.2) is 4.68 Å². The van der Waals surface area contributed by atoms with Crippen LogP contribution >= 0.6 is 0 Å². The number of hydrogen-bond acceptors (Lipinski definition) is 3. The molecule has 4 rings (SSSR count). The number of anilines is 1. The van der Waals surface area contributed by atoms with E-state index in [0.29, 0.717) is 24.6 Å². The number of nitrogens with zero attached hydrogens (tertiary/aromatic N) is 3. The van der Waals surface area contributed by atoms with E-state index in [9.17, 15) is 18.0 Å². The van der Waals surface area contributed by atoms with Crippen molar-refractivity contribution in [2.24, 2.45) is 11.3 Å². The average molecular weight is 427 g/mol. The summed E-state index contributed by atoms with van der Waals surface area (Å²) in [6, 6.07) is -0.127. The maximum absolute atomic E-state index is 13.8. The standard InChI is InChI=1S/C22H33F3N4O/c1-21(2,3)17-12-18(22(23,24)25)29-19(26-17)11-16(27-29)15-9-10-28(13-15)20(30)14-7-5-4-6-8-14/h11,14-15,17-18,26H,4-10,12-13H2,1-3H3/t15-,17+,18+/m1/s1. The van der Waals surface area contributed by atoms with Crippen LogP contribution in [0.4, 0.5) is 19.0 Å².